The molecule has 0 spiro atoms. The monoisotopic (exact) mass is 1330 g/mol. The Morgan fingerprint density at radius 2 is 0.461 bits per heavy atom. The standard InChI is InChI=1S/C98H64N2S2/c1-4-18-65(19-5-1)68-34-36-69(37-35-68)71-44-53-82(54-45-71)99(91-58-49-74-24-10-11-29-85(74)97(91)79-47-56-89-87-30-12-14-32-93(87)101-95(89)63-79)84-28-17-26-76(62-84)72-38-40-73(41-39-72)77-46-55-86-78(60-77)50-59-92(98(86)80-48-57-90-88-31-13-15-33-94(88)102-96(90)64-80)100(81-51-42-70(43-52-81)66-20-6-2-7-21-66)83-27-16-25-75(61-83)67-22-8-3-9-23-67/h1-64H. The Labute approximate surface area is 601 Å². The van der Waals surface area contributed by atoms with Crippen molar-refractivity contribution >= 4 is 119 Å². The molecule has 0 radical (unpaired) electrons. The SMILES string of the molecule is c1ccc(-c2ccc(-c3ccc(N(c4cccc(-c5ccc(-c6ccc7c(-c8ccc9c(c8)sc8ccccc89)c(N(c8ccc(-c9ccccc9)cc8)c8cccc(-c9ccccc9)c8)ccc7c6)cc5)c4)c4ccc5ccccc5c4-c4ccc5c(c4)sc4ccccc45)cc3)cc2)cc1. The van der Waals surface area contributed by atoms with Gasteiger partial charge in [0.25, 0.3) is 0 Å². The molecule has 19 aromatic rings. The van der Waals surface area contributed by atoms with Gasteiger partial charge in [0.1, 0.15) is 0 Å². The highest BCUT2D eigenvalue weighted by Crippen LogP contribution is 2.50. The maximum absolute atomic E-state index is 2.47. The van der Waals surface area contributed by atoms with Gasteiger partial charge in [-0.15, -0.1) is 22.7 Å². The molecule has 0 saturated heterocycles. The average Bonchev–Trinajstić information content (AvgIpc) is 1.20. The number of thiophene rings is 2. The second-order valence-electron chi connectivity index (χ2n) is 26.3. The number of fused-ring (bicyclic) bond motifs is 8. The maximum atomic E-state index is 2.47. The van der Waals surface area contributed by atoms with Crippen LogP contribution in [0.15, 0.2) is 388 Å². The zero-order chi connectivity index (χ0) is 67.5. The normalized spacial score (nSPS) is 11.5. The highest BCUT2D eigenvalue weighted by molar-refractivity contribution is 7.26. The second kappa shape index (κ2) is 25.9. The zero-order valence-corrected chi connectivity index (χ0v) is 57.3. The molecule has 0 aliphatic rings. The largest absolute Gasteiger partial charge is 0.310 e. The van der Waals surface area contributed by atoms with Gasteiger partial charge in [0.15, 0.2) is 0 Å². The summed E-state index contributed by atoms with van der Waals surface area (Å²) in [5, 5.41) is 9.92. The van der Waals surface area contributed by atoms with Crippen LogP contribution in [0.5, 0.6) is 0 Å². The number of benzene rings is 17. The van der Waals surface area contributed by atoms with E-state index in [1.807, 2.05) is 22.7 Å². The van der Waals surface area contributed by atoms with E-state index >= 15 is 0 Å². The quantitative estimate of drug-likeness (QED) is 0.107. The van der Waals surface area contributed by atoms with E-state index in [1.165, 1.54) is 118 Å². The van der Waals surface area contributed by atoms with E-state index in [-0.39, 0.29) is 0 Å². The van der Waals surface area contributed by atoms with Gasteiger partial charge in [0.2, 0.25) is 0 Å². The van der Waals surface area contributed by atoms with Crippen LogP contribution in [0.3, 0.4) is 0 Å². The van der Waals surface area contributed by atoms with Crippen molar-refractivity contribution in [3.05, 3.63) is 388 Å². The lowest BCUT2D eigenvalue weighted by Crippen LogP contribution is -2.11. The molecule has 0 N–H and O–H groups in total. The van der Waals surface area contributed by atoms with E-state index in [1.54, 1.807) is 0 Å². The Hall–Kier alpha value is -12.7. The molecule has 17 aromatic carbocycles. The molecular weight excluding hydrogens is 1270 g/mol. The summed E-state index contributed by atoms with van der Waals surface area (Å²) in [6.45, 7) is 0. The van der Waals surface area contributed by atoms with Crippen LogP contribution in [0, 0.1) is 0 Å². The highest BCUT2D eigenvalue weighted by atomic mass is 32.1. The lowest BCUT2D eigenvalue weighted by atomic mass is 9.92. The van der Waals surface area contributed by atoms with Crippen molar-refractivity contribution in [2.75, 3.05) is 9.80 Å². The van der Waals surface area contributed by atoms with E-state index in [0.29, 0.717) is 0 Å². The van der Waals surface area contributed by atoms with E-state index in [0.717, 1.165) is 67.5 Å². The van der Waals surface area contributed by atoms with Crippen molar-refractivity contribution in [2.45, 2.75) is 0 Å². The van der Waals surface area contributed by atoms with Crippen molar-refractivity contribution in [2.24, 2.45) is 0 Å². The minimum atomic E-state index is 1.07. The number of hydrogen-bond donors (Lipinski definition) is 0. The molecule has 478 valence electrons. The molecule has 0 saturated carbocycles. The topological polar surface area (TPSA) is 6.48 Å². The fourth-order valence-corrected chi connectivity index (χ4v) is 17.5. The van der Waals surface area contributed by atoms with Gasteiger partial charge in [0.05, 0.1) is 11.4 Å². The number of anilines is 6. The lowest BCUT2D eigenvalue weighted by Gasteiger charge is -2.29. The molecule has 4 heteroatoms. The van der Waals surface area contributed by atoms with E-state index in [4.69, 9.17) is 0 Å². The maximum Gasteiger partial charge on any atom is 0.0546 e. The van der Waals surface area contributed by atoms with E-state index in [2.05, 4.69) is 398 Å². The molecule has 102 heavy (non-hydrogen) atoms. The summed E-state index contributed by atoms with van der Waals surface area (Å²) in [4.78, 5) is 4.93. The number of nitrogens with zero attached hydrogens (tertiary/aromatic N) is 2. The Bertz CT molecular complexity index is 6340. The van der Waals surface area contributed by atoms with Gasteiger partial charge in [-0.05, 0) is 190 Å². The van der Waals surface area contributed by atoms with Crippen LogP contribution in [0.25, 0.3) is 151 Å². The van der Waals surface area contributed by atoms with Crippen LogP contribution in [0.2, 0.25) is 0 Å². The second-order valence-corrected chi connectivity index (χ2v) is 28.5. The first-order chi connectivity index (χ1) is 50.5. The predicted octanol–water partition coefficient (Wildman–Crippen LogP) is 29.0. The highest BCUT2D eigenvalue weighted by Gasteiger charge is 2.25. The van der Waals surface area contributed by atoms with Crippen LogP contribution < -0.4 is 9.80 Å². The summed E-state index contributed by atoms with van der Waals surface area (Å²) in [5.41, 5.74) is 25.3. The van der Waals surface area contributed by atoms with Crippen molar-refractivity contribution < 1.29 is 0 Å². The Balaban J connectivity index is 0.715. The fourth-order valence-electron chi connectivity index (χ4n) is 15.2. The molecular formula is C98H64N2S2. The van der Waals surface area contributed by atoms with Crippen LogP contribution in [0.1, 0.15) is 0 Å². The first-order valence-electron chi connectivity index (χ1n) is 34.8. The van der Waals surface area contributed by atoms with Gasteiger partial charge >= 0.3 is 0 Å². The fraction of sp³-hybridized carbons (Fsp3) is 0. The van der Waals surface area contributed by atoms with Gasteiger partial charge < -0.3 is 9.80 Å². The first-order valence-corrected chi connectivity index (χ1v) is 36.5. The third kappa shape index (κ3) is 11.2. The summed E-state index contributed by atoms with van der Waals surface area (Å²) in [6, 6.07) is 143. The van der Waals surface area contributed by atoms with Gasteiger partial charge in [-0.1, -0.05) is 297 Å². The molecule has 0 aliphatic carbocycles. The number of hydrogen-bond acceptors (Lipinski definition) is 4. The third-order valence-electron chi connectivity index (χ3n) is 20.3. The molecule has 0 unspecified atom stereocenters. The molecule has 0 atom stereocenters. The molecule has 0 bridgehead atoms. The van der Waals surface area contributed by atoms with E-state index < -0.39 is 0 Å². The Morgan fingerprint density at radius 1 is 0.157 bits per heavy atom. The summed E-state index contributed by atoms with van der Waals surface area (Å²) in [7, 11) is 0. The van der Waals surface area contributed by atoms with E-state index in [9.17, 15) is 0 Å². The summed E-state index contributed by atoms with van der Waals surface area (Å²) in [5.74, 6) is 0. The van der Waals surface area contributed by atoms with Gasteiger partial charge in [-0.2, -0.15) is 0 Å². The summed E-state index contributed by atoms with van der Waals surface area (Å²) < 4.78 is 5.14. The van der Waals surface area contributed by atoms with Crippen molar-refractivity contribution in [3.63, 3.8) is 0 Å². The molecule has 2 nitrogen and oxygen atoms in total. The van der Waals surface area contributed by atoms with Crippen LogP contribution in [0.4, 0.5) is 34.1 Å². The Morgan fingerprint density at radius 3 is 0.922 bits per heavy atom. The summed E-state index contributed by atoms with van der Waals surface area (Å²) >= 11 is 3.73. The van der Waals surface area contributed by atoms with Crippen molar-refractivity contribution in [3.8, 4) is 89.0 Å². The minimum absolute atomic E-state index is 1.07. The summed E-state index contributed by atoms with van der Waals surface area (Å²) in [6.07, 6.45) is 0. The molecule has 0 amide bonds. The van der Waals surface area contributed by atoms with Crippen LogP contribution >= 0.6 is 22.7 Å². The predicted molar refractivity (Wildman–Crippen MR) is 440 cm³/mol. The number of rotatable bonds is 14. The van der Waals surface area contributed by atoms with Gasteiger partial charge in [-0.25, -0.2) is 0 Å². The minimum Gasteiger partial charge on any atom is -0.310 e. The molecule has 2 aromatic heterocycles. The van der Waals surface area contributed by atoms with Gasteiger partial charge in [0, 0.05) is 74.2 Å². The molecule has 0 fully saturated rings. The first kappa shape index (κ1) is 60.5. The average molecular weight is 1330 g/mol. The Kier molecular flexibility index (Phi) is 15.3. The van der Waals surface area contributed by atoms with Gasteiger partial charge in [-0.3, -0.25) is 0 Å². The van der Waals surface area contributed by atoms with Crippen molar-refractivity contribution in [1.29, 1.82) is 0 Å². The molecule has 2 heterocycles. The molecule has 0 aliphatic heterocycles. The van der Waals surface area contributed by atoms with Crippen LogP contribution in [-0.4, -0.2) is 0 Å². The lowest BCUT2D eigenvalue weighted by molar-refractivity contribution is 1.29. The smallest absolute Gasteiger partial charge is 0.0546 e. The molecule has 19 rings (SSSR count). The van der Waals surface area contributed by atoms with Crippen LogP contribution in [-0.2, 0) is 0 Å². The third-order valence-corrected chi connectivity index (χ3v) is 22.5. The zero-order valence-electron chi connectivity index (χ0n) is 55.7. The van der Waals surface area contributed by atoms with Crippen molar-refractivity contribution in [1.82, 2.24) is 0 Å².